The van der Waals surface area contributed by atoms with Crippen LogP contribution in [0.3, 0.4) is 0 Å². The molecule has 1 unspecified atom stereocenters. The number of hydrazine groups is 1. The second kappa shape index (κ2) is 3.03. The first kappa shape index (κ1) is 7.88. The van der Waals surface area contributed by atoms with Gasteiger partial charge in [0.05, 0.1) is 0 Å². The summed E-state index contributed by atoms with van der Waals surface area (Å²) >= 11 is 0. The summed E-state index contributed by atoms with van der Waals surface area (Å²) in [5, 5.41) is 3.45. The molecule has 1 atom stereocenters. The molecule has 1 aliphatic carbocycles. The highest BCUT2D eigenvalue weighted by atomic mass is 15.4. The summed E-state index contributed by atoms with van der Waals surface area (Å²) < 4.78 is 0. The van der Waals surface area contributed by atoms with Gasteiger partial charge in [0, 0.05) is 36.0 Å². The largest absolute Gasteiger partial charge is 0.384 e. The van der Waals surface area contributed by atoms with E-state index in [-0.39, 0.29) is 0 Å². The molecule has 0 bridgehead atoms. The second-order valence-electron chi connectivity index (χ2n) is 3.74. The van der Waals surface area contributed by atoms with Crippen molar-refractivity contribution in [3.63, 3.8) is 0 Å². The Hall–Kier alpha value is -1.48. The Morgan fingerprint density at radius 1 is 1.14 bits per heavy atom. The smallest absolute Gasteiger partial charge is 0.0432 e. The van der Waals surface area contributed by atoms with Crippen molar-refractivity contribution >= 4 is 0 Å². The first-order valence-corrected chi connectivity index (χ1v) is 4.97. The molecule has 0 amide bonds. The molecule has 3 N–H and O–H groups in total. The molecule has 0 aromatic heterocycles. The number of hydrogen-bond acceptors (Lipinski definition) is 3. The Kier molecular flexibility index (Phi) is 1.70. The Morgan fingerprint density at radius 2 is 2.14 bits per heavy atom. The summed E-state index contributed by atoms with van der Waals surface area (Å²) in [5.74, 6) is 0.588. The predicted molar refractivity (Wildman–Crippen MR) is 56.0 cm³/mol. The Morgan fingerprint density at radius 3 is 3.14 bits per heavy atom. The summed E-state index contributed by atoms with van der Waals surface area (Å²) in [7, 11) is 0. The molecule has 3 aliphatic rings. The van der Waals surface area contributed by atoms with Gasteiger partial charge < -0.3 is 10.7 Å². The molecular formula is C11H13N3. The van der Waals surface area contributed by atoms with Crippen molar-refractivity contribution in [2.75, 3.05) is 13.1 Å². The maximum absolute atomic E-state index is 3.45. The van der Waals surface area contributed by atoms with Crippen LogP contribution in [0.2, 0.25) is 0 Å². The SMILES string of the molecule is C1=CC=C2NCC3CNNC3=C2C=C1. The normalized spacial score (nSPS) is 28.6. The molecule has 1 saturated heterocycles. The quantitative estimate of drug-likeness (QED) is 0.519. The topological polar surface area (TPSA) is 36.1 Å². The molecule has 0 aromatic rings. The van der Waals surface area contributed by atoms with Crippen molar-refractivity contribution in [1.82, 2.24) is 16.2 Å². The van der Waals surface area contributed by atoms with Crippen LogP contribution in [0.25, 0.3) is 0 Å². The third-order valence-electron chi connectivity index (χ3n) is 2.85. The average Bonchev–Trinajstić information content (AvgIpc) is 2.55. The molecule has 0 spiro atoms. The highest BCUT2D eigenvalue weighted by Crippen LogP contribution is 2.26. The van der Waals surface area contributed by atoms with Gasteiger partial charge in [-0.2, -0.15) is 0 Å². The van der Waals surface area contributed by atoms with Crippen LogP contribution in [0.15, 0.2) is 47.3 Å². The summed E-state index contributed by atoms with van der Waals surface area (Å²) in [5.41, 5.74) is 10.3. The summed E-state index contributed by atoms with van der Waals surface area (Å²) in [6, 6.07) is 0. The zero-order chi connectivity index (χ0) is 9.38. The lowest BCUT2D eigenvalue weighted by molar-refractivity contribution is 0.586. The van der Waals surface area contributed by atoms with Crippen LogP contribution in [-0.2, 0) is 0 Å². The van der Waals surface area contributed by atoms with Gasteiger partial charge in [-0.05, 0) is 6.08 Å². The lowest BCUT2D eigenvalue weighted by Crippen LogP contribution is -2.31. The van der Waals surface area contributed by atoms with Gasteiger partial charge in [-0.1, -0.05) is 24.3 Å². The molecule has 3 nitrogen and oxygen atoms in total. The van der Waals surface area contributed by atoms with E-state index in [1.54, 1.807) is 0 Å². The maximum atomic E-state index is 3.45. The van der Waals surface area contributed by atoms with Gasteiger partial charge >= 0.3 is 0 Å². The molecule has 1 fully saturated rings. The summed E-state index contributed by atoms with van der Waals surface area (Å²) in [6.07, 6.45) is 10.5. The van der Waals surface area contributed by atoms with Gasteiger partial charge in [0.1, 0.15) is 0 Å². The van der Waals surface area contributed by atoms with Gasteiger partial charge in [-0.25, -0.2) is 5.43 Å². The van der Waals surface area contributed by atoms with E-state index in [4.69, 9.17) is 0 Å². The summed E-state index contributed by atoms with van der Waals surface area (Å²) in [6.45, 7) is 2.03. The minimum absolute atomic E-state index is 0.588. The Bertz CT molecular complexity index is 374. The molecule has 3 rings (SSSR count). The van der Waals surface area contributed by atoms with Crippen molar-refractivity contribution in [3.8, 4) is 0 Å². The van der Waals surface area contributed by atoms with Crippen LogP contribution in [0, 0.1) is 5.92 Å². The highest BCUT2D eigenvalue weighted by molar-refractivity contribution is 5.49. The van der Waals surface area contributed by atoms with E-state index < -0.39 is 0 Å². The molecule has 14 heavy (non-hydrogen) atoms. The monoisotopic (exact) mass is 187 g/mol. The number of fused-ring (bicyclic) bond motifs is 2. The average molecular weight is 187 g/mol. The fourth-order valence-electron chi connectivity index (χ4n) is 2.10. The molecule has 0 saturated carbocycles. The van der Waals surface area contributed by atoms with Crippen molar-refractivity contribution in [1.29, 1.82) is 0 Å². The highest BCUT2D eigenvalue weighted by Gasteiger charge is 2.28. The van der Waals surface area contributed by atoms with Gasteiger partial charge in [-0.15, -0.1) is 0 Å². The molecule has 72 valence electrons. The molecule has 2 heterocycles. The van der Waals surface area contributed by atoms with E-state index in [1.165, 1.54) is 17.0 Å². The fraction of sp³-hybridized carbons (Fsp3) is 0.273. The fourth-order valence-corrected chi connectivity index (χ4v) is 2.10. The molecule has 0 radical (unpaired) electrons. The molecule has 2 aliphatic heterocycles. The van der Waals surface area contributed by atoms with Crippen molar-refractivity contribution in [3.05, 3.63) is 47.3 Å². The second-order valence-corrected chi connectivity index (χ2v) is 3.74. The summed E-state index contributed by atoms with van der Waals surface area (Å²) in [4.78, 5) is 0. The van der Waals surface area contributed by atoms with Crippen LogP contribution in [0.1, 0.15) is 0 Å². The number of hydrogen-bond donors (Lipinski definition) is 3. The first-order chi connectivity index (χ1) is 6.95. The van der Waals surface area contributed by atoms with Crippen LogP contribution in [-0.4, -0.2) is 13.1 Å². The zero-order valence-electron chi connectivity index (χ0n) is 7.88. The van der Waals surface area contributed by atoms with Crippen LogP contribution >= 0.6 is 0 Å². The molecule has 3 heteroatoms. The van der Waals surface area contributed by atoms with E-state index in [0.717, 1.165) is 13.1 Å². The third kappa shape index (κ3) is 1.09. The van der Waals surface area contributed by atoms with Gasteiger partial charge in [-0.3, -0.25) is 0 Å². The van der Waals surface area contributed by atoms with Gasteiger partial charge in [0.15, 0.2) is 0 Å². The third-order valence-corrected chi connectivity index (χ3v) is 2.85. The standard InChI is InChI=1S/C11H13N3/c1-2-4-9-10(5-3-1)12-6-8-7-13-14-11(8)9/h1-5,8,12-14H,6-7H2. The van der Waals surface area contributed by atoms with E-state index in [1.807, 2.05) is 0 Å². The minimum atomic E-state index is 0.588. The predicted octanol–water partition coefficient (Wildman–Crippen LogP) is 0.578. The Balaban J connectivity index is 2.11. The number of rotatable bonds is 0. The van der Waals surface area contributed by atoms with Crippen molar-refractivity contribution < 1.29 is 0 Å². The van der Waals surface area contributed by atoms with Crippen molar-refractivity contribution in [2.45, 2.75) is 0 Å². The molecular weight excluding hydrogens is 174 g/mol. The van der Waals surface area contributed by atoms with E-state index >= 15 is 0 Å². The zero-order valence-corrected chi connectivity index (χ0v) is 7.88. The lowest BCUT2D eigenvalue weighted by Gasteiger charge is -2.24. The van der Waals surface area contributed by atoms with Crippen LogP contribution < -0.4 is 16.2 Å². The van der Waals surface area contributed by atoms with Crippen LogP contribution in [0.5, 0.6) is 0 Å². The van der Waals surface area contributed by atoms with Gasteiger partial charge in [0.2, 0.25) is 0 Å². The number of nitrogens with one attached hydrogen (secondary N) is 3. The van der Waals surface area contributed by atoms with Crippen LogP contribution in [0.4, 0.5) is 0 Å². The van der Waals surface area contributed by atoms with Crippen molar-refractivity contribution in [2.24, 2.45) is 5.92 Å². The minimum Gasteiger partial charge on any atom is -0.384 e. The molecule has 0 aromatic carbocycles. The Labute approximate surface area is 83.2 Å². The van der Waals surface area contributed by atoms with E-state index in [9.17, 15) is 0 Å². The first-order valence-electron chi connectivity index (χ1n) is 4.97. The maximum Gasteiger partial charge on any atom is 0.0432 e. The lowest BCUT2D eigenvalue weighted by atomic mass is 9.95. The number of allylic oxidation sites excluding steroid dienone is 5. The van der Waals surface area contributed by atoms with E-state index in [2.05, 4.69) is 46.5 Å². The van der Waals surface area contributed by atoms with E-state index in [0.29, 0.717) is 5.92 Å². The van der Waals surface area contributed by atoms with Gasteiger partial charge in [0.25, 0.3) is 0 Å².